The second kappa shape index (κ2) is 5.38. The zero-order valence-electron chi connectivity index (χ0n) is 11.2. The molecule has 1 aromatic heterocycles. The summed E-state index contributed by atoms with van der Waals surface area (Å²) in [5, 5.41) is 4.56. The highest BCUT2D eigenvalue weighted by Gasteiger charge is 2.30. The van der Waals surface area contributed by atoms with Gasteiger partial charge in [-0.05, 0) is 46.2 Å². The van der Waals surface area contributed by atoms with Gasteiger partial charge in [-0.1, -0.05) is 26.8 Å². The second-order valence-corrected chi connectivity index (χ2v) is 7.23. The molecule has 0 aliphatic heterocycles. The molecule has 0 saturated heterocycles. The van der Waals surface area contributed by atoms with E-state index in [0.29, 0.717) is 0 Å². The van der Waals surface area contributed by atoms with Crippen LogP contribution in [-0.4, -0.2) is 15.2 Å². The first kappa shape index (κ1) is 14.1. The summed E-state index contributed by atoms with van der Waals surface area (Å²) in [6.07, 6.45) is 7.27. The van der Waals surface area contributed by atoms with Crippen LogP contribution in [0.4, 0.5) is 0 Å². The van der Waals surface area contributed by atoms with Gasteiger partial charge in [0.1, 0.15) is 0 Å². The Morgan fingerprint density at radius 3 is 2.89 bits per heavy atom. The molecule has 0 bridgehead atoms. The van der Waals surface area contributed by atoms with E-state index in [-0.39, 0.29) is 10.8 Å². The Hall–Kier alpha value is -0.280. The van der Waals surface area contributed by atoms with Crippen molar-refractivity contribution >= 4 is 33.1 Å². The molecule has 0 N–H and O–H groups in total. The van der Waals surface area contributed by atoms with E-state index in [4.69, 9.17) is 11.6 Å². The topological polar surface area (TPSA) is 17.8 Å². The van der Waals surface area contributed by atoms with Crippen LogP contribution in [0.2, 0.25) is 0 Å². The smallest absolute Gasteiger partial charge is 0.0781 e. The molecular formula is C14H20BrClN2. The van der Waals surface area contributed by atoms with E-state index in [1.54, 1.807) is 0 Å². The SMILES string of the molecule is CCCn1ncc(Br)c1C1=CC(Cl)CC(C)(C)C1. The van der Waals surface area contributed by atoms with Crippen LogP contribution in [0.15, 0.2) is 16.7 Å². The third-order valence-corrected chi connectivity index (χ3v) is 4.19. The lowest BCUT2D eigenvalue weighted by Gasteiger charge is -2.32. The summed E-state index contributed by atoms with van der Waals surface area (Å²) in [7, 11) is 0. The van der Waals surface area contributed by atoms with E-state index in [2.05, 4.69) is 52.6 Å². The molecule has 1 aromatic rings. The standard InChI is InChI=1S/C14H20BrClN2/c1-4-5-18-13(12(15)9-17-18)10-6-11(16)8-14(2,3)7-10/h6,9,11H,4-5,7-8H2,1-3H3. The van der Waals surface area contributed by atoms with Gasteiger partial charge >= 0.3 is 0 Å². The zero-order chi connectivity index (χ0) is 13.3. The predicted octanol–water partition coefficient (Wildman–Crippen LogP) is 4.87. The third-order valence-electron chi connectivity index (χ3n) is 3.33. The molecule has 1 unspecified atom stereocenters. The number of rotatable bonds is 3. The number of allylic oxidation sites excluding steroid dienone is 2. The minimum Gasteiger partial charge on any atom is -0.264 e. The average Bonchev–Trinajstić information content (AvgIpc) is 2.57. The third kappa shape index (κ3) is 3.00. The van der Waals surface area contributed by atoms with Crippen LogP contribution in [0.3, 0.4) is 0 Å². The lowest BCUT2D eigenvalue weighted by Crippen LogP contribution is -2.22. The number of aromatic nitrogens is 2. The molecule has 4 heteroatoms. The van der Waals surface area contributed by atoms with Crippen LogP contribution >= 0.6 is 27.5 Å². The van der Waals surface area contributed by atoms with Crippen LogP contribution in [0.25, 0.3) is 5.57 Å². The van der Waals surface area contributed by atoms with Gasteiger partial charge in [-0.2, -0.15) is 5.10 Å². The van der Waals surface area contributed by atoms with Crippen molar-refractivity contribution in [2.45, 2.75) is 52.0 Å². The van der Waals surface area contributed by atoms with Crippen molar-refractivity contribution in [2.75, 3.05) is 0 Å². The van der Waals surface area contributed by atoms with Gasteiger partial charge in [0.2, 0.25) is 0 Å². The monoisotopic (exact) mass is 330 g/mol. The maximum absolute atomic E-state index is 6.37. The lowest BCUT2D eigenvalue weighted by atomic mass is 9.76. The van der Waals surface area contributed by atoms with Crippen molar-refractivity contribution in [3.8, 4) is 0 Å². The highest BCUT2D eigenvalue weighted by atomic mass is 79.9. The van der Waals surface area contributed by atoms with E-state index in [0.717, 1.165) is 30.3 Å². The summed E-state index contributed by atoms with van der Waals surface area (Å²) in [4.78, 5) is 0. The number of aryl methyl sites for hydroxylation is 1. The van der Waals surface area contributed by atoms with Gasteiger partial charge in [0.25, 0.3) is 0 Å². The second-order valence-electron chi connectivity index (χ2n) is 5.82. The van der Waals surface area contributed by atoms with Gasteiger partial charge in [0.05, 0.1) is 21.7 Å². The Labute approximate surface area is 123 Å². The van der Waals surface area contributed by atoms with Crippen LogP contribution in [0, 0.1) is 5.41 Å². The molecule has 0 fully saturated rings. The fourth-order valence-electron chi connectivity index (χ4n) is 2.68. The van der Waals surface area contributed by atoms with Crippen molar-refractivity contribution in [3.05, 3.63) is 22.4 Å². The predicted molar refractivity (Wildman–Crippen MR) is 80.9 cm³/mol. The van der Waals surface area contributed by atoms with Crippen molar-refractivity contribution in [1.29, 1.82) is 0 Å². The molecule has 2 nitrogen and oxygen atoms in total. The highest BCUT2D eigenvalue weighted by molar-refractivity contribution is 9.10. The van der Waals surface area contributed by atoms with Gasteiger partial charge in [-0.25, -0.2) is 0 Å². The Morgan fingerprint density at radius 2 is 2.28 bits per heavy atom. The van der Waals surface area contributed by atoms with Crippen LogP contribution in [-0.2, 0) is 6.54 Å². The fraction of sp³-hybridized carbons (Fsp3) is 0.643. The fourth-order valence-corrected chi connectivity index (χ4v) is 3.80. The normalized spacial score (nSPS) is 22.9. The van der Waals surface area contributed by atoms with E-state index in [1.807, 2.05) is 6.20 Å². The summed E-state index contributed by atoms with van der Waals surface area (Å²) in [6, 6.07) is 0. The molecule has 2 rings (SSSR count). The number of nitrogens with zero attached hydrogens (tertiary/aromatic N) is 2. The van der Waals surface area contributed by atoms with E-state index < -0.39 is 0 Å². The van der Waals surface area contributed by atoms with E-state index in [1.165, 1.54) is 11.3 Å². The molecular weight excluding hydrogens is 312 g/mol. The largest absolute Gasteiger partial charge is 0.264 e. The van der Waals surface area contributed by atoms with Gasteiger partial charge in [0, 0.05) is 6.54 Å². The van der Waals surface area contributed by atoms with Crippen molar-refractivity contribution in [3.63, 3.8) is 0 Å². The zero-order valence-corrected chi connectivity index (χ0v) is 13.6. The first-order valence-electron chi connectivity index (χ1n) is 6.49. The molecule has 0 spiro atoms. The number of hydrogen-bond acceptors (Lipinski definition) is 1. The molecule has 0 radical (unpaired) electrons. The molecule has 1 aliphatic rings. The van der Waals surface area contributed by atoms with Crippen molar-refractivity contribution in [2.24, 2.45) is 5.41 Å². The molecule has 0 amide bonds. The Kier molecular flexibility index (Phi) is 4.22. The van der Waals surface area contributed by atoms with Gasteiger partial charge < -0.3 is 0 Å². The van der Waals surface area contributed by atoms with Crippen LogP contribution in [0.1, 0.15) is 45.7 Å². The Morgan fingerprint density at radius 1 is 1.56 bits per heavy atom. The Bertz CT molecular complexity index is 462. The summed E-state index contributed by atoms with van der Waals surface area (Å²) >= 11 is 9.99. The van der Waals surface area contributed by atoms with Crippen LogP contribution in [0.5, 0.6) is 0 Å². The first-order valence-corrected chi connectivity index (χ1v) is 7.72. The Balaban J connectivity index is 2.39. The summed E-state index contributed by atoms with van der Waals surface area (Å²) in [6.45, 7) is 7.68. The van der Waals surface area contributed by atoms with Crippen molar-refractivity contribution < 1.29 is 0 Å². The van der Waals surface area contributed by atoms with Gasteiger partial charge in [0.15, 0.2) is 0 Å². The van der Waals surface area contributed by atoms with E-state index in [9.17, 15) is 0 Å². The molecule has 0 saturated carbocycles. The highest BCUT2D eigenvalue weighted by Crippen LogP contribution is 2.42. The molecule has 1 aliphatic carbocycles. The number of hydrogen-bond donors (Lipinski definition) is 0. The lowest BCUT2D eigenvalue weighted by molar-refractivity contribution is 0.339. The number of alkyl halides is 1. The molecule has 1 heterocycles. The minimum absolute atomic E-state index is 0.126. The van der Waals surface area contributed by atoms with Gasteiger partial charge in [-0.15, -0.1) is 11.6 Å². The maximum atomic E-state index is 6.37. The quantitative estimate of drug-likeness (QED) is 0.723. The average molecular weight is 332 g/mol. The summed E-state index contributed by atoms with van der Waals surface area (Å²) in [5.41, 5.74) is 2.79. The molecule has 0 aromatic carbocycles. The summed E-state index contributed by atoms with van der Waals surface area (Å²) in [5.74, 6) is 0. The van der Waals surface area contributed by atoms with Crippen LogP contribution < -0.4 is 0 Å². The van der Waals surface area contributed by atoms with E-state index >= 15 is 0 Å². The molecule has 18 heavy (non-hydrogen) atoms. The maximum Gasteiger partial charge on any atom is 0.0781 e. The molecule has 100 valence electrons. The first-order chi connectivity index (χ1) is 8.43. The summed E-state index contributed by atoms with van der Waals surface area (Å²) < 4.78 is 3.16. The number of halogens is 2. The van der Waals surface area contributed by atoms with Gasteiger partial charge in [-0.3, -0.25) is 4.68 Å². The minimum atomic E-state index is 0.126. The molecule has 1 atom stereocenters. The van der Waals surface area contributed by atoms with Crippen molar-refractivity contribution in [1.82, 2.24) is 9.78 Å².